The molecule has 0 aromatic heterocycles. The van der Waals surface area contributed by atoms with E-state index >= 15 is 0 Å². The van der Waals surface area contributed by atoms with Crippen molar-refractivity contribution in [1.82, 2.24) is 20.0 Å². The van der Waals surface area contributed by atoms with Gasteiger partial charge in [-0.05, 0) is 70.8 Å². The van der Waals surface area contributed by atoms with Crippen molar-refractivity contribution < 1.29 is 29.0 Å². The molecule has 252 valence electrons. The van der Waals surface area contributed by atoms with Crippen molar-refractivity contribution in [1.29, 1.82) is 0 Å². The minimum absolute atomic E-state index is 0.00302. The average Bonchev–Trinajstić information content (AvgIpc) is 3.76. The van der Waals surface area contributed by atoms with Gasteiger partial charge in [-0.25, -0.2) is 4.79 Å². The van der Waals surface area contributed by atoms with Crippen LogP contribution in [0.4, 0.5) is 4.79 Å². The number of methoxy groups -OCH3 is 1. The van der Waals surface area contributed by atoms with Crippen LogP contribution in [0, 0.1) is 23.7 Å². The van der Waals surface area contributed by atoms with Crippen LogP contribution >= 0.6 is 0 Å². The Morgan fingerprint density at radius 1 is 1.11 bits per heavy atom. The lowest BCUT2D eigenvalue weighted by Crippen LogP contribution is -2.54. The first-order chi connectivity index (χ1) is 21.4. The number of allylic oxidation sites excluding steroid dienone is 2. The van der Waals surface area contributed by atoms with Gasteiger partial charge in [0.1, 0.15) is 5.60 Å². The Hall–Kier alpha value is -2.85. The smallest absolute Gasteiger partial charge is 0.410 e. The van der Waals surface area contributed by atoms with Gasteiger partial charge in [-0.1, -0.05) is 38.2 Å². The van der Waals surface area contributed by atoms with Gasteiger partial charge >= 0.3 is 6.09 Å². The molecule has 0 aromatic carbocycles. The molecule has 0 spiro atoms. The van der Waals surface area contributed by atoms with Gasteiger partial charge in [0.05, 0.1) is 17.9 Å². The number of piperidine rings is 1. The molecule has 0 aromatic rings. The van der Waals surface area contributed by atoms with Gasteiger partial charge in [-0.3, -0.25) is 9.59 Å². The van der Waals surface area contributed by atoms with E-state index in [1.807, 2.05) is 25.7 Å². The number of ether oxygens (including phenoxy) is 2. The molecule has 2 N–H and O–H groups in total. The normalized spacial score (nSPS) is 25.2. The lowest BCUT2D eigenvalue weighted by atomic mass is 9.86. The molecule has 2 aliphatic carbocycles. The maximum atomic E-state index is 14.4. The molecule has 45 heavy (non-hydrogen) atoms. The highest BCUT2D eigenvalue weighted by atomic mass is 16.6. The molecule has 5 atom stereocenters. The van der Waals surface area contributed by atoms with Crippen LogP contribution in [-0.2, 0) is 19.1 Å². The zero-order valence-electron chi connectivity index (χ0n) is 28.2. The second kappa shape index (κ2) is 15.6. The standard InChI is InChI=1S/C35H56N4O6/c1-24(2)18-28(14-16-40)36-32(41)25-19-26(21-38(20-25)34(43)45-35(3,4)5)33(42)39(29-12-13-29)23-27-22-37(15-9-17-44-6)31-11-8-7-10-30(27)31/h7-8,10-11,22,24-26,28-31,40H,9,12-21,23H2,1-6H3,(H,36,41)/t25-,26+,28+,30?,31?/m0/s1. The summed E-state index contributed by atoms with van der Waals surface area (Å²) >= 11 is 0. The molecule has 1 saturated heterocycles. The number of nitrogens with zero attached hydrogens (tertiary/aromatic N) is 3. The van der Waals surface area contributed by atoms with E-state index in [-0.39, 0.29) is 55.6 Å². The fourth-order valence-electron chi connectivity index (χ4n) is 6.83. The highest BCUT2D eigenvalue weighted by molar-refractivity contribution is 5.85. The van der Waals surface area contributed by atoms with Crippen molar-refractivity contribution in [2.24, 2.45) is 23.7 Å². The Balaban J connectivity index is 1.53. The summed E-state index contributed by atoms with van der Waals surface area (Å²) in [5.74, 6) is -0.677. The number of hydrogen-bond acceptors (Lipinski definition) is 7. The molecule has 2 unspecified atom stereocenters. The van der Waals surface area contributed by atoms with Gasteiger partial charge in [-0.15, -0.1) is 0 Å². The first-order valence-corrected chi connectivity index (χ1v) is 16.9. The lowest BCUT2D eigenvalue weighted by molar-refractivity contribution is -0.139. The Kier molecular flexibility index (Phi) is 12.2. The van der Waals surface area contributed by atoms with Crippen molar-refractivity contribution in [2.45, 2.75) is 96.9 Å². The van der Waals surface area contributed by atoms with E-state index in [0.29, 0.717) is 31.9 Å². The fourth-order valence-corrected chi connectivity index (χ4v) is 6.83. The van der Waals surface area contributed by atoms with Crippen LogP contribution < -0.4 is 5.32 Å². The number of fused-ring (bicyclic) bond motifs is 1. The molecule has 10 nitrogen and oxygen atoms in total. The number of aliphatic hydroxyl groups is 1. The van der Waals surface area contributed by atoms with Crippen molar-refractivity contribution in [3.05, 3.63) is 36.1 Å². The van der Waals surface area contributed by atoms with E-state index in [9.17, 15) is 19.5 Å². The maximum Gasteiger partial charge on any atom is 0.410 e. The molecule has 4 aliphatic rings. The van der Waals surface area contributed by atoms with Gasteiger partial charge in [0.15, 0.2) is 0 Å². The lowest BCUT2D eigenvalue weighted by Gasteiger charge is -2.39. The van der Waals surface area contributed by atoms with E-state index in [1.165, 1.54) is 5.57 Å². The monoisotopic (exact) mass is 628 g/mol. The van der Waals surface area contributed by atoms with Crippen LogP contribution in [0.25, 0.3) is 0 Å². The summed E-state index contributed by atoms with van der Waals surface area (Å²) in [5.41, 5.74) is 0.519. The number of amides is 3. The second-order valence-electron chi connectivity index (χ2n) is 14.6. The largest absolute Gasteiger partial charge is 0.444 e. The Labute approximate surface area is 269 Å². The Bertz CT molecular complexity index is 1120. The van der Waals surface area contributed by atoms with Crippen LogP contribution in [0.1, 0.15) is 73.1 Å². The first kappa shape index (κ1) is 35.0. The van der Waals surface area contributed by atoms with E-state index in [4.69, 9.17) is 9.47 Å². The van der Waals surface area contributed by atoms with Crippen LogP contribution in [0.5, 0.6) is 0 Å². The number of carbonyl (C=O) groups excluding carboxylic acids is 3. The highest BCUT2D eigenvalue weighted by Crippen LogP contribution is 2.37. The topological polar surface area (TPSA) is 112 Å². The summed E-state index contributed by atoms with van der Waals surface area (Å²) in [5, 5.41) is 12.7. The molecular formula is C35H56N4O6. The third kappa shape index (κ3) is 9.82. The summed E-state index contributed by atoms with van der Waals surface area (Å²) in [7, 11) is 1.72. The minimum Gasteiger partial charge on any atom is -0.444 e. The molecule has 1 saturated carbocycles. The number of rotatable bonds is 14. The first-order valence-electron chi connectivity index (χ1n) is 16.9. The van der Waals surface area contributed by atoms with Crippen LogP contribution in [0.15, 0.2) is 36.1 Å². The number of carbonyl (C=O) groups is 3. The third-order valence-electron chi connectivity index (χ3n) is 9.04. The van der Waals surface area contributed by atoms with Gasteiger partial charge in [0.2, 0.25) is 11.8 Å². The molecule has 10 heteroatoms. The Morgan fingerprint density at radius 3 is 2.47 bits per heavy atom. The minimum atomic E-state index is -0.697. The van der Waals surface area contributed by atoms with Crippen molar-refractivity contribution >= 4 is 17.9 Å². The van der Waals surface area contributed by atoms with Gasteiger partial charge in [0, 0.05) is 70.7 Å². The highest BCUT2D eigenvalue weighted by Gasteiger charge is 2.44. The quantitative estimate of drug-likeness (QED) is 0.279. The summed E-state index contributed by atoms with van der Waals surface area (Å²) in [6.45, 7) is 12.2. The van der Waals surface area contributed by atoms with E-state index in [2.05, 4.69) is 54.6 Å². The van der Waals surface area contributed by atoms with E-state index in [0.717, 1.165) is 32.2 Å². The molecule has 0 bridgehead atoms. The maximum absolute atomic E-state index is 14.4. The SMILES string of the molecule is COCCCN1C=C(CN(C(=O)[C@@H]2C[C@H](C(=O)N[C@H](CCO)CC(C)C)CN(C(=O)OC(C)(C)C)C2)C2CC2)C2C=CC=CC21. The number of nitrogens with one attached hydrogen (secondary N) is 1. The number of likely N-dealkylation sites (tertiary alicyclic amines) is 1. The molecule has 4 rings (SSSR count). The molecule has 2 aliphatic heterocycles. The van der Waals surface area contributed by atoms with Gasteiger partial charge in [0.25, 0.3) is 0 Å². The number of hydrogen-bond donors (Lipinski definition) is 2. The van der Waals surface area contributed by atoms with Crippen molar-refractivity contribution in [3.63, 3.8) is 0 Å². The van der Waals surface area contributed by atoms with Gasteiger partial charge in [-0.2, -0.15) is 0 Å². The van der Waals surface area contributed by atoms with E-state index in [1.54, 1.807) is 12.0 Å². The van der Waals surface area contributed by atoms with Crippen molar-refractivity contribution in [2.75, 3.05) is 46.5 Å². The van der Waals surface area contributed by atoms with Gasteiger partial charge < -0.3 is 34.6 Å². The molecular weight excluding hydrogens is 572 g/mol. The summed E-state index contributed by atoms with van der Waals surface area (Å²) < 4.78 is 11.0. The zero-order chi connectivity index (χ0) is 32.7. The molecule has 0 radical (unpaired) electrons. The summed E-state index contributed by atoms with van der Waals surface area (Å²) in [4.78, 5) is 47.3. The van der Waals surface area contributed by atoms with Crippen LogP contribution in [0.2, 0.25) is 0 Å². The Morgan fingerprint density at radius 2 is 1.82 bits per heavy atom. The molecule has 2 fully saturated rings. The van der Waals surface area contributed by atoms with E-state index < -0.39 is 23.5 Å². The summed E-state index contributed by atoms with van der Waals surface area (Å²) in [6.07, 6.45) is 14.8. The number of aliphatic hydroxyl groups excluding tert-OH is 1. The molecule has 2 heterocycles. The summed E-state index contributed by atoms with van der Waals surface area (Å²) in [6, 6.07) is 0.246. The van der Waals surface area contributed by atoms with Crippen LogP contribution in [-0.4, -0.2) is 108 Å². The second-order valence-corrected chi connectivity index (χ2v) is 14.6. The predicted molar refractivity (Wildman–Crippen MR) is 174 cm³/mol. The third-order valence-corrected chi connectivity index (χ3v) is 9.04. The van der Waals surface area contributed by atoms with Crippen molar-refractivity contribution in [3.8, 4) is 0 Å². The average molecular weight is 629 g/mol. The predicted octanol–water partition coefficient (Wildman–Crippen LogP) is 4.11. The zero-order valence-corrected chi connectivity index (χ0v) is 28.2. The van der Waals surface area contributed by atoms with Crippen LogP contribution in [0.3, 0.4) is 0 Å². The fraction of sp³-hybridized carbons (Fsp3) is 0.743. The molecule has 3 amide bonds.